The number of aromatic hydroxyl groups is 1. The second-order valence-corrected chi connectivity index (χ2v) is 3.75. The van der Waals surface area contributed by atoms with Crippen molar-refractivity contribution in [3.05, 3.63) is 23.8 Å². The Morgan fingerprint density at radius 2 is 2.06 bits per heavy atom. The monoisotopic (exact) mass is 253 g/mol. The minimum atomic E-state index is -0.991. The normalized spacial score (nSPS) is 9.33. The van der Waals surface area contributed by atoms with Gasteiger partial charge in [0.2, 0.25) is 0 Å². The summed E-state index contributed by atoms with van der Waals surface area (Å²) in [5.74, 6) is -0.926. The molecule has 0 bridgehead atoms. The van der Waals surface area contributed by atoms with Crippen LogP contribution in [0.5, 0.6) is 11.5 Å². The summed E-state index contributed by atoms with van der Waals surface area (Å²) in [6.07, 6.45) is 0.710. The van der Waals surface area contributed by atoms with Crippen molar-refractivity contribution in [3.63, 3.8) is 0 Å². The molecular weight excluding hydrogens is 236 g/mol. The summed E-state index contributed by atoms with van der Waals surface area (Å²) in [7, 11) is 0. The smallest absolute Gasteiger partial charge is 0.161 e. The fraction of sp³-hybridized carbons (Fsp3) is 0.385. The van der Waals surface area contributed by atoms with Crippen LogP contribution in [-0.2, 0) is 4.79 Å². The minimum absolute atomic E-state index is 0.0578. The van der Waals surface area contributed by atoms with Crippen LogP contribution < -0.4 is 9.84 Å². The van der Waals surface area contributed by atoms with Gasteiger partial charge in [0.25, 0.3) is 0 Å². The fourth-order valence-electron chi connectivity index (χ4n) is 0.875. The average molecular weight is 253 g/mol. The molecule has 0 radical (unpaired) electrons. The number of benzene rings is 1. The lowest BCUT2D eigenvalue weighted by molar-refractivity contribution is -0.310. The molecule has 0 heterocycles. The maximum atomic E-state index is 10.3. The number of ether oxygens (including phenoxy) is 1. The van der Waals surface area contributed by atoms with E-state index in [1.807, 2.05) is 6.92 Å². The molecule has 1 aromatic carbocycles. The van der Waals surface area contributed by atoms with Gasteiger partial charge in [-0.3, -0.25) is 4.79 Å². The van der Waals surface area contributed by atoms with E-state index in [4.69, 9.17) is 4.74 Å². The number of phenolic OH excluding ortho intramolecular Hbond substituents is 1. The van der Waals surface area contributed by atoms with Gasteiger partial charge >= 0.3 is 0 Å². The van der Waals surface area contributed by atoms with Crippen LogP contribution in [0.15, 0.2) is 18.2 Å². The van der Waals surface area contributed by atoms with E-state index in [0.717, 1.165) is 0 Å². The zero-order chi connectivity index (χ0) is 14.1. The molecule has 5 nitrogen and oxygen atoms in total. The lowest BCUT2D eigenvalue weighted by Gasteiger charge is -2.04. The van der Waals surface area contributed by atoms with Gasteiger partial charge in [0.1, 0.15) is 6.29 Å². The number of rotatable bonds is 4. The average Bonchev–Trinajstić information content (AvgIpc) is 2.33. The molecule has 0 aliphatic rings. The lowest BCUT2D eigenvalue weighted by Crippen LogP contribution is -2.27. The van der Waals surface area contributed by atoms with Crippen molar-refractivity contribution in [3.8, 4) is 11.5 Å². The highest BCUT2D eigenvalue weighted by molar-refractivity contribution is 5.76. The molecular formula is C13H17O5-. The molecule has 0 saturated carbocycles. The van der Waals surface area contributed by atoms with E-state index in [-0.39, 0.29) is 11.7 Å². The third kappa shape index (κ3) is 5.89. The third-order valence-electron chi connectivity index (χ3n) is 1.89. The number of carbonyl (C=O) groups excluding carboxylic acids is 2. The number of hydrogen-bond acceptors (Lipinski definition) is 5. The van der Waals surface area contributed by atoms with E-state index >= 15 is 0 Å². The summed E-state index contributed by atoms with van der Waals surface area (Å²) in [6, 6.07) is 4.48. The van der Waals surface area contributed by atoms with Gasteiger partial charge in [0, 0.05) is 11.5 Å². The van der Waals surface area contributed by atoms with Crippen LogP contribution in [0.4, 0.5) is 0 Å². The van der Waals surface area contributed by atoms with Crippen LogP contribution in [0.1, 0.15) is 31.1 Å². The Kier molecular flexibility index (Phi) is 7.19. The van der Waals surface area contributed by atoms with Gasteiger partial charge < -0.3 is 19.7 Å². The standard InChI is InChI=1S/C9H10O3.C4H8O2/c1-2-12-9-5-7(6-10)3-4-8(9)11;1-3(2)4(5)6/h3-6,11H,2H2,1H3;3H,1-2H3,(H,5,6)/p-1. The number of carboxylic acid groups (broad SMARTS) is 1. The molecule has 0 fully saturated rings. The van der Waals surface area contributed by atoms with Gasteiger partial charge in [-0.15, -0.1) is 0 Å². The SMILES string of the molecule is CC(C)C(=O)[O-].CCOc1cc(C=O)ccc1O. The fourth-order valence-corrected chi connectivity index (χ4v) is 0.875. The van der Waals surface area contributed by atoms with E-state index in [2.05, 4.69) is 0 Å². The van der Waals surface area contributed by atoms with Crippen molar-refractivity contribution in [2.75, 3.05) is 6.61 Å². The zero-order valence-corrected chi connectivity index (χ0v) is 10.7. The van der Waals surface area contributed by atoms with Crippen molar-refractivity contribution < 1.29 is 24.5 Å². The van der Waals surface area contributed by atoms with E-state index in [9.17, 15) is 19.8 Å². The van der Waals surface area contributed by atoms with Crippen LogP contribution in [0.25, 0.3) is 0 Å². The molecule has 0 amide bonds. The van der Waals surface area contributed by atoms with Gasteiger partial charge in [-0.25, -0.2) is 0 Å². The maximum Gasteiger partial charge on any atom is 0.161 e. The molecule has 0 spiro atoms. The quantitative estimate of drug-likeness (QED) is 0.809. The van der Waals surface area contributed by atoms with Crippen molar-refractivity contribution in [2.45, 2.75) is 20.8 Å². The molecule has 100 valence electrons. The second kappa shape index (κ2) is 8.11. The van der Waals surface area contributed by atoms with Gasteiger partial charge in [-0.2, -0.15) is 0 Å². The lowest BCUT2D eigenvalue weighted by atomic mass is 10.2. The highest BCUT2D eigenvalue weighted by atomic mass is 16.5. The topological polar surface area (TPSA) is 86.7 Å². The van der Waals surface area contributed by atoms with Crippen molar-refractivity contribution in [1.29, 1.82) is 0 Å². The summed E-state index contributed by atoms with van der Waals surface area (Å²) in [6.45, 7) is 5.44. The highest BCUT2D eigenvalue weighted by Crippen LogP contribution is 2.25. The summed E-state index contributed by atoms with van der Waals surface area (Å²) >= 11 is 0. The summed E-state index contributed by atoms with van der Waals surface area (Å²) in [5.41, 5.74) is 0.497. The van der Waals surface area contributed by atoms with E-state index in [0.29, 0.717) is 24.2 Å². The zero-order valence-electron chi connectivity index (χ0n) is 10.7. The second-order valence-electron chi connectivity index (χ2n) is 3.75. The molecule has 0 atom stereocenters. The van der Waals surface area contributed by atoms with E-state index in [1.54, 1.807) is 13.8 Å². The first-order chi connectivity index (χ1) is 8.42. The first-order valence-electron chi connectivity index (χ1n) is 5.54. The first kappa shape index (κ1) is 16.0. The number of carboxylic acids is 1. The molecule has 18 heavy (non-hydrogen) atoms. The van der Waals surface area contributed by atoms with E-state index in [1.165, 1.54) is 18.2 Å². The van der Waals surface area contributed by atoms with Crippen molar-refractivity contribution in [1.82, 2.24) is 0 Å². The first-order valence-corrected chi connectivity index (χ1v) is 5.54. The van der Waals surface area contributed by atoms with Crippen LogP contribution in [0, 0.1) is 5.92 Å². The van der Waals surface area contributed by atoms with Crippen molar-refractivity contribution in [2.24, 2.45) is 5.92 Å². The Hall–Kier alpha value is -2.04. The molecule has 0 saturated heterocycles. The Labute approximate surface area is 106 Å². The largest absolute Gasteiger partial charge is 0.550 e. The molecule has 0 aromatic heterocycles. The molecule has 1 rings (SSSR count). The van der Waals surface area contributed by atoms with Crippen LogP contribution in [-0.4, -0.2) is 24.0 Å². The minimum Gasteiger partial charge on any atom is -0.550 e. The van der Waals surface area contributed by atoms with Gasteiger partial charge in [-0.05, 0) is 31.0 Å². The molecule has 1 aromatic rings. The van der Waals surface area contributed by atoms with Gasteiger partial charge in [-0.1, -0.05) is 13.8 Å². The summed E-state index contributed by atoms with van der Waals surface area (Å²) in [4.78, 5) is 19.9. The third-order valence-corrected chi connectivity index (χ3v) is 1.89. The Balaban J connectivity index is 0.000000411. The predicted octanol–water partition coefficient (Wildman–Crippen LogP) is 0.996. The Bertz CT molecular complexity index is 398. The Morgan fingerprint density at radius 1 is 1.50 bits per heavy atom. The highest BCUT2D eigenvalue weighted by Gasteiger charge is 2.01. The predicted molar refractivity (Wildman–Crippen MR) is 64.5 cm³/mol. The molecule has 5 heteroatoms. The molecule has 0 unspecified atom stereocenters. The summed E-state index contributed by atoms with van der Waals surface area (Å²) in [5, 5.41) is 18.8. The number of phenols is 1. The maximum absolute atomic E-state index is 10.3. The number of carbonyl (C=O) groups is 2. The van der Waals surface area contributed by atoms with Gasteiger partial charge in [0.05, 0.1) is 6.61 Å². The molecule has 0 aliphatic carbocycles. The molecule has 0 aliphatic heterocycles. The summed E-state index contributed by atoms with van der Waals surface area (Å²) < 4.78 is 5.07. The van der Waals surface area contributed by atoms with Gasteiger partial charge in [0.15, 0.2) is 11.5 Å². The van der Waals surface area contributed by atoms with Crippen molar-refractivity contribution >= 4 is 12.3 Å². The number of hydrogen-bond donors (Lipinski definition) is 1. The van der Waals surface area contributed by atoms with E-state index < -0.39 is 5.97 Å². The van der Waals surface area contributed by atoms with Crippen LogP contribution >= 0.6 is 0 Å². The van der Waals surface area contributed by atoms with Crippen LogP contribution in [0.3, 0.4) is 0 Å². The Morgan fingerprint density at radius 3 is 2.44 bits per heavy atom. The number of aldehydes is 1. The number of aliphatic carboxylic acids is 1. The molecule has 1 N–H and O–H groups in total. The van der Waals surface area contributed by atoms with Crippen LogP contribution in [0.2, 0.25) is 0 Å².